The summed E-state index contributed by atoms with van der Waals surface area (Å²) in [5.41, 5.74) is 0.954. The lowest BCUT2D eigenvalue weighted by Crippen LogP contribution is -2.35. The van der Waals surface area contributed by atoms with E-state index in [9.17, 15) is 19.2 Å². The summed E-state index contributed by atoms with van der Waals surface area (Å²) in [6.07, 6.45) is 5.03. The fourth-order valence-corrected chi connectivity index (χ4v) is 4.64. The Morgan fingerprint density at radius 2 is 1.67 bits per heavy atom. The van der Waals surface area contributed by atoms with E-state index in [1.807, 2.05) is 13.8 Å². The first-order chi connectivity index (χ1) is 14.3. The van der Waals surface area contributed by atoms with Gasteiger partial charge >= 0.3 is 5.97 Å². The maximum absolute atomic E-state index is 12.7. The van der Waals surface area contributed by atoms with E-state index in [-0.39, 0.29) is 60.3 Å². The molecule has 0 spiro atoms. The average Bonchev–Trinajstić information content (AvgIpc) is 3.39. The third-order valence-corrected chi connectivity index (χ3v) is 6.08. The molecule has 158 valence electrons. The van der Waals surface area contributed by atoms with Gasteiger partial charge in [-0.05, 0) is 48.4 Å². The Hall–Kier alpha value is -2.96. The van der Waals surface area contributed by atoms with Crippen LogP contribution < -0.4 is 5.32 Å². The number of carbonyl (C=O) groups is 4. The molecule has 7 heteroatoms. The highest BCUT2D eigenvalue weighted by Crippen LogP contribution is 2.52. The molecular weight excluding hydrogens is 384 g/mol. The number of rotatable bonds is 7. The van der Waals surface area contributed by atoms with Crippen LogP contribution in [0.2, 0.25) is 0 Å². The second kappa shape index (κ2) is 8.05. The first kappa shape index (κ1) is 20.3. The van der Waals surface area contributed by atoms with Crippen molar-refractivity contribution in [3.8, 4) is 0 Å². The fourth-order valence-electron chi connectivity index (χ4n) is 4.64. The summed E-state index contributed by atoms with van der Waals surface area (Å²) in [5.74, 6) is -0.851. The molecule has 1 saturated carbocycles. The molecule has 30 heavy (non-hydrogen) atoms. The first-order valence-corrected chi connectivity index (χ1v) is 10.5. The zero-order valence-electron chi connectivity index (χ0n) is 17.2. The number of fused-ring (bicyclic) bond motifs is 5. The highest BCUT2D eigenvalue weighted by molar-refractivity contribution is 6.06. The van der Waals surface area contributed by atoms with Crippen LogP contribution in [0, 0.1) is 29.6 Å². The van der Waals surface area contributed by atoms with Gasteiger partial charge in [0.2, 0.25) is 17.7 Å². The van der Waals surface area contributed by atoms with Crippen LogP contribution in [0.5, 0.6) is 0 Å². The Morgan fingerprint density at radius 1 is 1.07 bits per heavy atom. The van der Waals surface area contributed by atoms with Crippen molar-refractivity contribution in [1.29, 1.82) is 0 Å². The summed E-state index contributed by atoms with van der Waals surface area (Å²) in [4.78, 5) is 50.8. The number of nitrogens with one attached hydrogen (secondary N) is 1. The van der Waals surface area contributed by atoms with Gasteiger partial charge in [0, 0.05) is 18.7 Å². The third-order valence-electron chi connectivity index (χ3n) is 6.08. The molecular formula is C23H26N2O5. The number of hydrogen-bond acceptors (Lipinski definition) is 5. The molecule has 1 aliphatic heterocycles. The van der Waals surface area contributed by atoms with Crippen LogP contribution in [0.15, 0.2) is 36.4 Å². The van der Waals surface area contributed by atoms with E-state index in [0.29, 0.717) is 17.9 Å². The van der Waals surface area contributed by atoms with Crippen molar-refractivity contribution >= 4 is 29.4 Å². The van der Waals surface area contributed by atoms with Crippen molar-refractivity contribution in [3.63, 3.8) is 0 Å². The van der Waals surface area contributed by atoms with Crippen LogP contribution in [-0.2, 0) is 19.1 Å². The number of amides is 3. The molecule has 0 aromatic heterocycles. The van der Waals surface area contributed by atoms with E-state index in [2.05, 4.69) is 17.5 Å². The molecule has 7 nitrogen and oxygen atoms in total. The smallest absolute Gasteiger partial charge is 0.338 e. The minimum Gasteiger partial charge on any atom is -0.462 e. The van der Waals surface area contributed by atoms with E-state index in [1.54, 1.807) is 24.3 Å². The number of hydrogen-bond donors (Lipinski definition) is 1. The quantitative estimate of drug-likeness (QED) is 0.424. The van der Waals surface area contributed by atoms with Crippen molar-refractivity contribution in [1.82, 2.24) is 4.90 Å². The summed E-state index contributed by atoms with van der Waals surface area (Å²) in [7, 11) is 0. The molecule has 3 aliphatic rings. The van der Waals surface area contributed by atoms with Crippen LogP contribution >= 0.6 is 0 Å². The number of anilines is 1. The number of imide groups is 1. The molecule has 1 aromatic carbocycles. The van der Waals surface area contributed by atoms with E-state index >= 15 is 0 Å². The van der Waals surface area contributed by atoms with E-state index in [1.165, 1.54) is 4.90 Å². The Balaban J connectivity index is 1.28. The van der Waals surface area contributed by atoms with Gasteiger partial charge in [0.05, 0.1) is 24.0 Å². The van der Waals surface area contributed by atoms with Gasteiger partial charge in [-0.2, -0.15) is 0 Å². The Labute approximate surface area is 175 Å². The first-order valence-electron chi connectivity index (χ1n) is 10.5. The zero-order valence-corrected chi connectivity index (χ0v) is 17.2. The van der Waals surface area contributed by atoms with Crippen LogP contribution in [-0.4, -0.2) is 41.7 Å². The molecule has 4 rings (SSSR count). The molecule has 1 heterocycles. The lowest BCUT2D eigenvalue weighted by molar-refractivity contribution is -0.140. The topological polar surface area (TPSA) is 92.8 Å². The summed E-state index contributed by atoms with van der Waals surface area (Å²) in [6, 6.07) is 6.44. The van der Waals surface area contributed by atoms with Gasteiger partial charge in [-0.15, -0.1) is 0 Å². The van der Waals surface area contributed by atoms with Crippen LogP contribution in [0.3, 0.4) is 0 Å². The van der Waals surface area contributed by atoms with Crippen LogP contribution in [0.25, 0.3) is 0 Å². The van der Waals surface area contributed by atoms with Gasteiger partial charge in [-0.3, -0.25) is 19.3 Å². The molecule has 3 amide bonds. The maximum Gasteiger partial charge on any atom is 0.338 e. The largest absolute Gasteiger partial charge is 0.462 e. The fraction of sp³-hybridized carbons (Fsp3) is 0.478. The van der Waals surface area contributed by atoms with Crippen LogP contribution in [0.4, 0.5) is 5.69 Å². The summed E-state index contributed by atoms with van der Waals surface area (Å²) < 4.78 is 5.18. The molecule has 2 fully saturated rings. The molecule has 2 bridgehead atoms. The van der Waals surface area contributed by atoms with Gasteiger partial charge in [0.15, 0.2) is 0 Å². The number of ether oxygens (including phenoxy) is 1. The number of esters is 1. The van der Waals surface area contributed by atoms with Gasteiger partial charge in [0.1, 0.15) is 0 Å². The summed E-state index contributed by atoms with van der Waals surface area (Å²) in [6.45, 7) is 4.37. The van der Waals surface area contributed by atoms with Crippen molar-refractivity contribution < 1.29 is 23.9 Å². The van der Waals surface area contributed by atoms with E-state index < -0.39 is 5.97 Å². The maximum atomic E-state index is 12.7. The normalized spacial score (nSPS) is 26.4. The number of benzene rings is 1. The molecule has 4 atom stereocenters. The van der Waals surface area contributed by atoms with Gasteiger partial charge < -0.3 is 10.1 Å². The minimum absolute atomic E-state index is 0.0395. The van der Waals surface area contributed by atoms with Crippen LogP contribution in [0.1, 0.15) is 37.0 Å². The second-order valence-electron chi connectivity index (χ2n) is 8.70. The number of carbonyl (C=O) groups excluding carboxylic acids is 4. The van der Waals surface area contributed by atoms with E-state index in [0.717, 1.165) is 6.42 Å². The van der Waals surface area contributed by atoms with Gasteiger partial charge in [-0.1, -0.05) is 26.0 Å². The molecule has 2 aliphatic carbocycles. The number of nitrogens with zero attached hydrogens (tertiary/aromatic N) is 1. The third kappa shape index (κ3) is 3.76. The van der Waals surface area contributed by atoms with Crippen molar-refractivity contribution in [3.05, 3.63) is 42.0 Å². The highest BCUT2D eigenvalue weighted by atomic mass is 16.5. The van der Waals surface area contributed by atoms with Crippen molar-refractivity contribution in [2.24, 2.45) is 29.6 Å². The lowest BCUT2D eigenvalue weighted by Gasteiger charge is -2.17. The molecule has 1 N–H and O–H groups in total. The van der Waals surface area contributed by atoms with E-state index in [4.69, 9.17) is 4.74 Å². The predicted octanol–water partition coefficient (Wildman–Crippen LogP) is 2.64. The summed E-state index contributed by atoms with van der Waals surface area (Å²) in [5, 5.41) is 2.74. The van der Waals surface area contributed by atoms with Crippen molar-refractivity contribution in [2.75, 3.05) is 18.5 Å². The Bertz CT molecular complexity index is 875. The van der Waals surface area contributed by atoms with Gasteiger partial charge in [-0.25, -0.2) is 4.79 Å². The predicted molar refractivity (Wildman–Crippen MR) is 109 cm³/mol. The molecule has 1 aromatic rings. The molecule has 0 radical (unpaired) electrons. The Morgan fingerprint density at radius 3 is 2.23 bits per heavy atom. The standard InChI is InChI=1S/C23H26N2O5/c1-13(2)12-30-23(29)14-5-7-17(8-6-14)24-18(26)9-10-25-21(27)19-15-3-4-16(11-15)20(19)22(25)28/h3-8,13,15-16,19-20H,9-12H2,1-2H3,(H,24,26)/t15-,16+,19-,20+. The number of likely N-dealkylation sites (tertiary alicyclic amines) is 1. The lowest BCUT2D eigenvalue weighted by atomic mass is 9.85. The minimum atomic E-state index is -0.401. The number of allylic oxidation sites excluding steroid dienone is 2. The monoisotopic (exact) mass is 410 g/mol. The second-order valence-corrected chi connectivity index (χ2v) is 8.70. The SMILES string of the molecule is CC(C)COC(=O)c1ccc(NC(=O)CCN2C(=O)[C@@H]3[C@H](C2=O)[C@@H]2C=C[C@H]3C2)cc1. The zero-order chi connectivity index (χ0) is 21.4. The van der Waals surface area contributed by atoms with Gasteiger partial charge in [0.25, 0.3) is 0 Å². The van der Waals surface area contributed by atoms with Crippen molar-refractivity contribution in [2.45, 2.75) is 26.7 Å². The highest BCUT2D eigenvalue weighted by Gasteiger charge is 2.59. The molecule has 0 unspecified atom stereocenters. The molecule has 1 saturated heterocycles. The Kier molecular flexibility index (Phi) is 5.45. The average molecular weight is 410 g/mol. The summed E-state index contributed by atoms with van der Waals surface area (Å²) >= 11 is 0.